The molecule has 0 aliphatic carbocycles. The first-order chi connectivity index (χ1) is 13.8. The molecule has 1 aromatic carbocycles. The molecule has 0 atom stereocenters. The largest absolute Gasteiger partial charge is 0.339 e. The Kier molecular flexibility index (Phi) is 6.86. The number of hydrogen-bond donors (Lipinski definition) is 1. The average Bonchev–Trinajstić information content (AvgIpc) is 2.71. The number of sulfonamides is 1. The van der Waals surface area contributed by atoms with Gasteiger partial charge in [0.25, 0.3) is 5.91 Å². The van der Waals surface area contributed by atoms with E-state index in [4.69, 9.17) is 0 Å². The maximum Gasteiger partial charge on any atom is 0.256 e. The Balaban J connectivity index is 1.56. The molecule has 0 bridgehead atoms. The molecule has 10 heteroatoms. The molecule has 6 nitrogen and oxygen atoms in total. The number of carbonyl (C=O) groups is 1. The zero-order valence-electron chi connectivity index (χ0n) is 15.8. The standard InChI is InChI=1S/C19H21F2N3O3S2/c1-28-18-17(3-2-6-22-18)19(25)24-7-4-13(5-8-24)12-23-29(26,27)16-10-14(20)9-15(21)11-16/h2-3,6,9-11,13,23H,4-5,7-8,12H2,1H3. The Morgan fingerprint density at radius 1 is 1.24 bits per heavy atom. The van der Waals surface area contributed by atoms with Crippen LogP contribution >= 0.6 is 11.8 Å². The number of halogens is 2. The molecule has 1 saturated heterocycles. The Morgan fingerprint density at radius 2 is 1.90 bits per heavy atom. The fourth-order valence-electron chi connectivity index (χ4n) is 3.22. The topological polar surface area (TPSA) is 79.4 Å². The van der Waals surface area contributed by atoms with Gasteiger partial charge in [-0.05, 0) is 49.3 Å². The Bertz CT molecular complexity index is 974. The van der Waals surface area contributed by atoms with Crippen LogP contribution in [0, 0.1) is 17.6 Å². The molecular formula is C19H21F2N3O3S2. The molecule has 0 radical (unpaired) electrons. The summed E-state index contributed by atoms with van der Waals surface area (Å²) < 4.78 is 53.6. The summed E-state index contributed by atoms with van der Waals surface area (Å²) in [7, 11) is -4.01. The summed E-state index contributed by atoms with van der Waals surface area (Å²) in [6, 6.07) is 5.66. The van der Waals surface area contributed by atoms with Crippen molar-refractivity contribution in [2.75, 3.05) is 25.9 Å². The van der Waals surface area contributed by atoms with Crippen LogP contribution in [0.5, 0.6) is 0 Å². The number of nitrogens with one attached hydrogen (secondary N) is 1. The van der Waals surface area contributed by atoms with Gasteiger partial charge in [0.2, 0.25) is 10.0 Å². The van der Waals surface area contributed by atoms with Crippen molar-refractivity contribution in [2.24, 2.45) is 5.92 Å². The average molecular weight is 442 g/mol. The van der Waals surface area contributed by atoms with Gasteiger partial charge in [0, 0.05) is 31.9 Å². The first-order valence-electron chi connectivity index (χ1n) is 9.04. The molecule has 156 valence electrons. The molecule has 1 aliphatic heterocycles. The smallest absolute Gasteiger partial charge is 0.256 e. The number of piperidine rings is 1. The van der Waals surface area contributed by atoms with Crippen molar-refractivity contribution >= 4 is 27.7 Å². The Labute approximate surface area is 172 Å². The van der Waals surface area contributed by atoms with Gasteiger partial charge in [-0.1, -0.05) is 0 Å². The number of benzene rings is 1. The lowest BCUT2D eigenvalue weighted by atomic mass is 9.97. The minimum absolute atomic E-state index is 0.0288. The molecule has 2 heterocycles. The molecule has 0 spiro atoms. The van der Waals surface area contributed by atoms with Gasteiger partial charge in [-0.3, -0.25) is 4.79 Å². The van der Waals surface area contributed by atoms with Gasteiger partial charge in [0.1, 0.15) is 16.7 Å². The fourth-order valence-corrected chi connectivity index (χ4v) is 4.92. The Hall–Kier alpha value is -2.04. The number of rotatable bonds is 6. The normalized spacial score (nSPS) is 15.5. The number of carbonyl (C=O) groups excluding carboxylic acids is 1. The van der Waals surface area contributed by atoms with E-state index in [1.807, 2.05) is 6.26 Å². The van der Waals surface area contributed by atoms with Gasteiger partial charge in [0.15, 0.2) is 0 Å². The number of aromatic nitrogens is 1. The third-order valence-corrected chi connectivity index (χ3v) is 6.92. The third-order valence-electron chi connectivity index (χ3n) is 4.81. The van der Waals surface area contributed by atoms with Crippen molar-refractivity contribution in [3.05, 3.63) is 53.7 Å². The van der Waals surface area contributed by atoms with Gasteiger partial charge in [0.05, 0.1) is 10.5 Å². The molecule has 1 aliphatic rings. The van der Waals surface area contributed by atoms with Crippen LogP contribution in [0.25, 0.3) is 0 Å². The fraction of sp³-hybridized carbons (Fsp3) is 0.368. The predicted octanol–water partition coefficient (Wildman–Crippen LogP) is 2.91. The summed E-state index contributed by atoms with van der Waals surface area (Å²) in [6.45, 7) is 1.15. The first kappa shape index (κ1) is 21.7. The third kappa shape index (κ3) is 5.31. The van der Waals surface area contributed by atoms with Crippen LogP contribution in [0.3, 0.4) is 0 Å². The summed E-state index contributed by atoms with van der Waals surface area (Å²) in [5.41, 5.74) is 0.562. The van der Waals surface area contributed by atoms with E-state index in [9.17, 15) is 22.0 Å². The SMILES string of the molecule is CSc1ncccc1C(=O)N1CCC(CNS(=O)(=O)c2cc(F)cc(F)c2)CC1. The highest BCUT2D eigenvalue weighted by molar-refractivity contribution is 7.98. The van der Waals surface area contributed by atoms with Crippen LogP contribution < -0.4 is 4.72 Å². The molecule has 1 aromatic heterocycles. The van der Waals surface area contributed by atoms with Crippen molar-refractivity contribution in [1.82, 2.24) is 14.6 Å². The number of thioether (sulfide) groups is 1. The maximum atomic E-state index is 13.3. The van der Waals surface area contributed by atoms with Gasteiger partial charge < -0.3 is 4.90 Å². The number of likely N-dealkylation sites (tertiary alicyclic amines) is 1. The van der Waals surface area contributed by atoms with Gasteiger partial charge in [-0.2, -0.15) is 0 Å². The van der Waals surface area contributed by atoms with E-state index >= 15 is 0 Å². The summed E-state index contributed by atoms with van der Waals surface area (Å²) >= 11 is 1.41. The molecule has 1 amide bonds. The van der Waals surface area contributed by atoms with Crippen LogP contribution in [0.4, 0.5) is 8.78 Å². The highest BCUT2D eigenvalue weighted by Gasteiger charge is 2.26. The zero-order chi connectivity index (χ0) is 21.0. The second kappa shape index (κ2) is 9.19. The summed E-state index contributed by atoms with van der Waals surface area (Å²) in [6.07, 6.45) is 4.76. The van der Waals surface area contributed by atoms with Crippen molar-refractivity contribution in [3.8, 4) is 0 Å². The lowest BCUT2D eigenvalue weighted by Gasteiger charge is -2.32. The minimum atomic E-state index is -4.01. The summed E-state index contributed by atoms with van der Waals surface area (Å²) in [5, 5.41) is 0.676. The van der Waals surface area contributed by atoms with E-state index in [1.165, 1.54) is 11.8 Å². The van der Waals surface area contributed by atoms with E-state index in [1.54, 1.807) is 23.2 Å². The summed E-state index contributed by atoms with van der Waals surface area (Å²) in [5.74, 6) is -1.95. The number of amides is 1. The quantitative estimate of drug-likeness (QED) is 0.698. The van der Waals surface area contributed by atoms with Gasteiger partial charge in [-0.15, -0.1) is 11.8 Å². The van der Waals surface area contributed by atoms with Crippen molar-refractivity contribution in [1.29, 1.82) is 0 Å². The van der Waals surface area contributed by atoms with E-state index in [-0.39, 0.29) is 18.4 Å². The van der Waals surface area contributed by atoms with Crippen LogP contribution in [0.1, 0.15) is 23.2 Å². The number of nitrogens with zero attached hydrogens (tertiary/aromatic N) is 2. The molecule has 0 unspecified atom stereocenters. The van der Waals surface area contributed by atoms with Crippen LogP contribution in [-0.4, -0.2) is 50.1 Å². The van der Waals surface area contributed by atoms with Gasteiger partial charge >= 0.3 is 0 Å². The number of pyridine rings is 1. The number of hydrogen-bond acceptors (Lipinski definition) is 5. The lowest BCUT2D eigenvalue weighted by molar-refractivity contribution is 0.0687. The molecule has 0 saturated carbocycles. The van der Waals surface area contributed by atoms with E-state index in [2.05, 4.69) is 9.71 Å². The van der Waals surface area contributed by atoms with Crippen LogP contribution in [0.2, 0.25) is 0 Å². The highest BCUT2D eigenvalue weighted by Crippen LogP contribution is 2.23. The molecule has 1 N–H and O–H groups in total. The van der Waals surface area contributed by atoms with E-state index in [0.717, 1.165) is 12.1 Å². The van der Waals surface area contributed by atoms with Crippen molar-refractivity contribution in [3.63, 3.8) is 0 Å². The summed E-state index contributed by atoms with van der Waals surface area (Å²) in [4.78, 5) is 18.3. The second-order valence-corrected chi connectivity index (χ2v) is 9.31. The first-order valence-corrected chi connectivity index (χ1v) is 11.7. The van der Waals surface area contributed by atoms with Gasteiger partial charge in [-0.25, -0.2) is 26.9 Å². The Morgan fingerprint density at radius 3 is 2.52 bits per heavy atom. The maximum absolute atomic E-state index is 13.3. The van der Waals surface area contributed by atoms with E-state index in [0.29, 0.717) is 42.6 Å². The van der Waals surface area contributed by atoms with Crippen LogP contribution in [-0.2, 0) is 10.0 Å². The van der Waals surface area contributed by atoms with Crippen LogP contribution in [0.15, 0.2) is 46.5 Å². The molecule has 3 rings (SSSR count). The van der Waals surface area contributed by atoms with E-state index < -0.39 is 26.6 Å². The lowest BCUT2D eigenvalue weighted by Crippen LogP contribution is -2.41. The molecular weight excluding hydrogens is 420 g/mol. The van der Waals surface area contributed by atoms with Crippen molar-refractivity contribution < 1.29 is 22.0 Å². The van der Waals surface area contributed by atoms with Crippen molar-refractivity contribution in [2.45, 2.75) is 22.8 Å². The zero-order valence-corrected chi connectivity index (χ0v) is 17.4. The molecule has 29 heavy (non-hydrogen) atoms. The monoisotopic (exact) mass is 441 g/mol. The molecule has 2 aromatic rings. The second-order valence-electron chi connectivity index (χ2n) is 6.75. The highest BCUT2D eigenvalue weighted by atomic mass is 32.2. The predicted molar refractivity (Wildman–Crippen MR) is 106 cm³/mol. The molecule has 1 fully saturated rings. The minimum Gasteiger partial charge on any atom is -0.339 e.